The number of methoxy groups -OCH3 is 2. The minimum absolute atomic E-state index is 0.152. The summed E-state index contributed by atoms with van der Waals surface area (Å²) < 4.78 is 11.0. The Morgan fingerprint density at radius 3 is 2.07 bits per heavy atom. The number of hydrogen-bond donors (Lipinski definition) is 1. The first-order chi connectivity index (χ1) is 21.6. The fourth-order valence-electron chi connectivity index (χ4n) is 8.14. The molecule has 1 N–H and O–H groups in total. The van der Waals surface area contributed by atoms with Crippen molar-refractivity contribution in [3.8, 4) is 17.2 Å². The fourth-order valence-corrected chi connectivity index (χ4v) is 8.27. The first kappa shape index (κ1) is 29.1. The first-order valence-electron chi connectivity index (χ1n) is 14.8. The summed E-state index contributed by atoms with van der Waals surface area (Å²) in [5.41, 5.74) is 1.10. The highest BCUT2D eigenvalue weighted by atomic mass is 35.5. The number of nitrogens with zero attached hydrogens (tertiary/aromatic N) is 2. The number of benzene rings is 3. The molecule has 0 bridgehead atoms. The topological polar surface area (TPSA) is 113 Å². The van der Waals surface area contributed by atoms with E-state index in [1.54, 1.807) is 60.7 Å². The van der Waals surface area contributed by atoms with Gasteiger partial charge in [-0.1, -0.05) is 41.4 Å². The van der Waals surface area contributed by atoms with Crippen LogP contribution in [0.1, 0.15) is 31.2 Å². The molecular weight excluding hydrogens is 596 g/mol. The third-order valence-electron chi connectivity index (χ3n) is 10.2. The molecule has 7 rings (SSSR count). The zero-order chi connectivity index (χ0) is 31.8. The number of aromatic hydroxyl groups is 1. The Labute approximate surface area is 265 Å². The van der Waals surface area contributed by atoms with Gasteiger partial charge in [-0.25, -0.2) is 4.90 Å². The van der Waals surface area contributed by atoms with Gasteiger partial charge in [0.1, 0.15) is 0 Å². The van der Waals surface area contributed by atoms with Crippen LogP contribution in [-0.2, 0) is 19.2 Å². The van der Waals surface area contributed by atoms with Crippen LogP contribution in [0, 0.1) is 29.1 Å². The van der Waals surface area contributed by atoms with E-state index < -0.39 is 35.0 Å². The van der Waals surface area contributed by atoms with Crippen LogP contribution >= 0.6 is 11.6 Å². The summed E-state index contributed by atoms with van der Waals surface area (Å²) in [5.74, 6) is -4.47. The number of ether oxygens (including phenoxy) is 2. The van der Waals surface area contributed by atoms with Gasteiger partial charge in [0.25, 0.3) is 0 Å². The van der Waals surface area contributed by atoms with E-state index in [2.05, 4.69) is 0 Å². The second-order valence-electron chi connectivity index (χ2n) is 12.3. The zero-order valence-corrected chi connectivity index (χ0v) is 25.7. The lowest BCUT2D eigenvalue weighted by atomic mass is 9.51. The largest absolute Gasteiger partial charge is 0.502 e. The number of allylic oxidation sites excluding steroid dienone is 2. The number of amides is 4. The van der Waals surface area contributed by atoms with Crippen LogP contribution in [0.2, 0.25) is 5.02 Å². The van der Waals surface area contributed by atoms with Crippen molar-refractivity contribution in [1.82, 2.24) is 0 Å². The molecular formula is C35H31ClN2O7. The Morgan fingerprint density at radius 1 is 0.822 bits per heavy atom. The van der Waals surface area contributed by atoms with Crippen molar-refractivity contribution in [3.63, 3.8) is 0 Å². The van der Waals surface area contributed by atoms with Gasteiger partial charge < -0.3 is 14.6 Å². The van der Waals surface area contributed by atoms with E-state index in [4.69, 9.17) is 21.1 Å². The average Bonchev–Trinajstić information content (AvgIpc) is 3.41. The lowest BCUT2D eigenvalue weighted by Crippen LogP contribution is -2.48. The minimum Gasteiger partial charge on any atom is -0.502 e. The van der Waals surface area contributed by atoms with Crippen molar-refractivity contribution < 1.29 is 33.8 Å². The molecule has 230 valence electrons. The van der Waals surface area contributed by atoms with Crippen LogP contribution in [0.25, 0.3) is 0 Å². The number of carbonyl (C=O) groups is 4. The number of para-hydroxylation sites is 1. The van der Waals surface area contributed by atoms with Crippen molar-refractivity contribution in [1.29, 1.82) is 0 Å². The van der Waals surface area contributed by atoms with Crippen molar-refractivity contribution >= 4 is 46.6 Å². The smallest absolute Gasteiger partial charge is 0.241 e. The van der Waals surface area contributed by atoms with E-state index in [-0.39, 0.29) is 47.3 Å². The lowest BCUT2D eigenvalue weighted by Gasteiger charge is -2.49. The summed E-state index contributed by atoms with van der Waals surface area (Å²) in [6.07, 6.45) is 2.51. The Kier molecular flexibility index (Phi) is 6.78. The van der Waals surface area contributed by atoms with Gasteiger partial charge in [-0.3, -0.25) is 24.1 Å². The van der Waals surface area contributed by atoms with Gasteiger partial charge in [0, 0.05) is 10.9 Å². The maximum Gasteiger partial charge on any atom is 0.241 e. The number of phenols is 1. The van der Waals surface area contributed by atoms with Crippen LogP contribution in [0.4, 0.5) is 11.4 Å². The molecule has 1 saturated carbocycles. The molecule has 45 heavy (non-hydrogen) atoms. The standard InChI is InChI=1S/C35H31ClN2O7/c1-35-25(32(41)38(34(35)43)20-7-5-4-6-8-20)17-24-22(29(35)18-15-26(44-2)30(39)27(16-18)45-3)13-14-23-28(24)33(42)37(31(23)40)21-11-9-19(36)10-12-21/h4-13,15-16,23-25,28-29,39H,14,17H2,1-3H3. The minimum atomic E-state index is -1.24. The quantitative estimate of drug-likeness (QED) is 0.294. The molecule has 3 fully saturated rings. The third kappa shape index (κ3) is 4.06. The van der Waals surface area contributed by atoms with E-state index in [1.807, 2.05) is 19.1 Å². The van der Waals surface area contributed by atoms with Crippen LogP contribution in [0.5, 0.6) is 17.2 Å². The SMILES string of the molecule is COc1cc(C2C3=CCC4C(=O)N(c5ccc(Cl)cc5)C(=O)C4C3CC3C(=O)N(c4ccccc4)C(=O)C32C)cc(OC)c1O. The Bertz CT molecular complexity index is 1760. The molecule has 2 aliphatic heterocycles. The first-order valence-corrected chi connectivity index (χ1v) is 15.2. The Balaban J connectivity index is 1.40. The second kappa shape index (κ2) is 10.5. The molecule has 2 saturated heterocycles. The summed E-state index contributed by atoms with van der Waals surface area (Å²) in [4.78, 5) is 59.3. The number of rotatable bonds is 5. The molecule has 3 aromatic rings. The van der Waals surface area contributed by atoms with Gasteiger partial charge >= 0.3 is 0 Å². The summed E-state index contributed by atoms with van der Waals surface area (Å²) in [6, 6.07) is 18.7. The fraction of sp³-hybridized carbons (Fsp3) is 0.314. The molecule has 0 aromatic heterocycles. The summed E-state index contributed by atoms with van der Waals surface area (Å²) in [5, 5.41) is 11.2. The molecule has 3 aromatic carbocycles. The Morgan fingerprint density at radius 2 is 1.44 bits per heavy atom. The van der Waals surface area contributed by atoms with Gasteiger partial charge in [-0.15, -0.1) is 0 Å². The summed E-state index contributed by atoms with van der Waals surface area (Å²) in [7, 11) is 2.85. The van der Waals surface area contributed by atoms with Crippen molar-refractivity contribution in [2.75, 3.05) is 24.0 Å². The van der Waals surface area contributed by atoms with Crippen LogP contribution in [0.15, 0.2) is 78.4 Å². The third-order valence-corrected chi connectivity index (χ3v) is 10.5. The van der Waals surface area contributed by atoms with Gasteiger partial charge in [-0.05, 0) is 79.8 Å². The van der Waals surface area contributed by atoms with Crippen LogP contribution < -0.4 is 19.3 Å². The number of fused-ring (bicyclic) bond motifs is 4. The number of carbonyl (C=O) groups excluding carboxylic acids is 4. The van der Waals surface area contributed by atoms with Gasteiger partial charge in [0.05, 0.1) is 48.8 Å². The molecule has 10 heteroatoms. The average molecular weight is 627 g/mol. The van der Waals surface area contributed by atoms with E-state index in [9.17, 15) is 24.3 Å². The number of phenolic OH excluding ortho intramolecular Hbond substituents is 1. The number of halogens is 1. The van der Waals surface area contributed by atoms with E-state index in [0.29, 0.717) is 28.4 Å². The summed E-state index contributed by atoms with van der Waals surface area (Å²) in [6.45, 7) is 1.81. The Hall–Kier alpha value is -4.63. The zero-order valence-electron chi connectivity index (χ0n) is 24.9. The lowest BCUT2D eigenvalue weighted by molar-refractivity contribution is -0.131. The van der Waals surface area contributed by atoms with Crippen molar-refractivity contribution in [3.05, 3.63) is 89.0 Å². The molecule has 6 unspecified atom stereocenters. The molecule has 4 aliphatic rings. The van der Waals surface area contributed by atoms with Gasteiger partial charge in [0.15, 0.2) is 11.5 Å². The van der Waals surface area contributed by atoms with Gasteiger partial charge in [0.2, 0.25) is 29.4 Å². The van der Waals surface area contributed by atoms with Crippen molar-refractivity contribution in [2.24, 2.45) is 29.1 Å². The molecule has 4 amide bonds. The highest BCUT2D eigenvalue weighted by Crippen LogP contribution is 2.64. The monoisotopic (exact) mass is 626 g/mol. The van der Waals surface area contributed by atoms with Gasteiger partial charge in [-0.2, -0.15) is 0 Å². The van der Waals surface area contributed by atoms with E-state index in [0.717, 1.165) is 5.57 Å². The van der Waals surface area contributed by atoms with Crippen LogP contribution in [-0.4, -0.2) is 43.0 Å². The predicted octanol–water partition coefficient (Wildman–Crippen LogP) is 5.50. The molecule has 6 atom stereocenters. The number of hydrogen-bond acceptors (Lipinski definition) is 7. The van der Waals surface area contributed by atoms with Crippen LogP contribution in [0.3, 0.4) is 0 Å². The normalized spacial score (nSPS) is 28.9. The predicted molar refractivity (Wildman–Crippen MR) is 166 cm³/mol. The number of anilines is 2. The highest BCUT2D eigenvalue weighted by molar-refractivity contribution is 6.31. The van der Waals surface area contributed by atoms with E-state index >= 15 is 0 Å². The van der Waals surface area contributed by atoms with Crippen molar-refractivity contribution in [2.45, 2.75) is 25.7 Å². The molecule has 2 heterocycles. The second-order valence-corrected chi connectivity index (χ2v) is 12.7. The molecule has 2 aliphatic carbocycles. The molecule has 0 spiro atoms. The maximum atomic E-state index is 14.5. The molecule has 9 nitrogen and oxygen atoms in total. The summed E-state index contributed by atoms with van der Waals surface area (Å²) >= 11 is 6.08. The van der Waals surface area contributed by atoms with E-state index in [1.165, 1.54) is 24.0 Å². The molecule has 0 radical (unpaired) electrons. The number of imide groups is 2. The maximum absolute atomic E-state index is 14.5. The highest BCUT2D eigenvalue weighted by Gasteiger charge is 2.67.